The van der Waals surface area contributed by atoms with Crippen molar-refractivity contribution >= 4 is 25.8 Å². The first-order chi connectivity index (χ1) is 6.55. The Labute approximate surface area is 93.4 Å². The molecule has 0 bridgehead atoms. The molecule has 0 amide bonds. The highest BCUT2D eigenvalue weighted by Gasteiger charge is 2.11. The lowest BCUT2D eigenvalue weighted by Gasteiger charge is -2.06. The van der Waals surface area contributed by atoms with Gasteiger partial charge in [-0.15, -0.1) is 0 Å². The molecule has 0 unspecified atom stereocenters. The molecule has 0 heterocycles. The first kappa shape index (κ1) is 11.7. The van der Waals surface area contributed by atoms with Crippen LogP contribution in [-0.2, 0) is 16.3 Å². The number of benzene rings is 1. The molecule has 2 nitrogen and oxygen atoms in total. The molecule has 0 aromatic heterocycles. The zero-order valence-electron chi connectivity index (χ0n) is 8.03. The molecule has 0 saturated heterocycles. The normalized spacial score (nSPS) is 11.6. The number of halogens is 1. The van der Waals surface area contributed by atoms with E-state index in [-0.39, 0.29) is 0 Å². The zero-order valence-corrected chi connectivity index (χ0v) is 10.4. The Morgan fingerprint density at radius 3 is 2.50 bits per heavy atom. The van der Waals surface area contributed by atoms with Crippen LogP contribution in [0.2, 0.25) is 0 Å². The van der Waals surface area contributed by atoms with Crippen molar-refractivity contribution in [3.05, 3.63) is 29.8 Å². The summed E-state index contributed by atoms with van der Waals surface area (Å²) >= 11 is 3.33. The maximum Gasteiger partial charge on any atom is 0.175 e. The molecule has 0 saturated carbocycles. The summed E-state index contributed by atoms with van der Waals surface area (Å²) in [5.74, 6) is 0. The third-order valence-corrected chi connectivity index (χ3v) is 3.71. The summed E-state index contributed by atoms with van der Waals surface area (Å²) in [5, 5.41) is 0.894. The molecule has 0 radical (unpaired) electrons. The minimum atomic E-state index is -3.08. The van der Waals surface area contributed by atoms with Gasteiger partial charge >= 0.3 is 0 Å². The molecule has 1 aromatic carbocycles. The molecule has 1 rings (SSSR count). The van der Waals surface area contributed by atoms with Crippen LogP contribution in [-0.4, -0.2) is 20.0 Å². The molecule has 14 heavy (non-hydrogen) atoms. The van der Waals surface area contributed by atoms with Gasteiger partial charge in [0.15, 0.2) is 9.84 Å². The van der Waals surface area contributed by atoms with Crippen molar-refractivity contribution in [2.24, 2.45) is 0 Å². The van der Waals surface area contributed by atoms with E-state index in [9.17, 15) is 8.42 Å². The fourth-order valence-corrected chi connectivity index (χ4v) is 2.58. The van der Waals surface area contributed by atoms with Crippen LogP contribution in [0.5, 0.6) is 0 Å². The Balaban J connectivity index is 3.04. The Hall–Kier alpha value is -0.350. The van der Waals surface area contributed by atoms with E-state index in [4.69, 9.17) is 0 Å². The molecule has 1 aromatic rings. The minimum Gasteiger partial charge on any atom is -0.224 e. The molecule has 0 spiro atoms. The summed E-state index contributed by atoms with van der Waals surface area (Å²) in [5.41, 5.74) is 0.912. The van der Waals surface area contributed by atoms with Gasteiger partial charge in [-0.1, -0.05) is 34.1 Å². The second-order valence-corrected chi connectivity index (χ2v) is 5.95. The van der Waals surface area contributed by atoms with Gasteiger partial charge in [0.25, 0.3) is 0 Å². The van der Waals surface area contributed by atoms with Crippen LogP contribution in [0.25, 0.3) is 0 Å². The monoisotopic (exact) mass is 276 g/mol. The molecule has 0 atom stereocenters. The molecular weight excluding hydrogens is 264 g/mol. The predicted octanol–water partition coefficient (Wildman–Crippen LogP) is 2.42. The highest BCUT2D eigenvalue weighted by atomic mass is 79.9. The smallest absolute Gasteiger partial charge is 0.175 e. The molecule has 4 heteroatoms. The molecule has 0 aliphatic heterocycles. The fourth-order valence-electron chi connectivity index (χ4n) is 1.33. The summed E-state index contributed by atoms with van der Waals surface area (Å²) in [6.45, 7) is 0. The van der Waals surface area contributed by atoms with Crippen LogP contribution in [0.1, 0.15) is 12.0 Å². The molecule has 0 fully saturated rings. The van der Waals surface area contributed by atoms with Gasteiger partial charge in [-0.05, 0) is 24.5 Å². The summed E-state index contributed by atoms with van der Waals surface area (Å²) in [6, 6.07) is 7.17. The molecule has 0 N–H and O–H groups in total. The maximum absolute atomic E-state index is 11.4. The average Bonchev–Trinajstić information content (AvgIpc) is 2.14. The van der Waals surface area contributed by atoms with E-state index < -0.39 is 9.84 Å². The number of aryl methyl sites for hydroxylation is 1. The molecule has 0 aliphatic rings. The zero-order chi connectivity index (χ0) is 10.6. The highest BCUT2D eigenvalue weighted by molar-refractivity contribution is 9.09. The second-order valence-electron chi connectivity index (χ2n) is 3.17. The maximum atomic E-state index is 11.4. The van der Waals surface area contributed by atoms with Crippen molar-refractivity contribution in [2.75, 3.05) is 11.6 Å². The Morgan fingerprint density at radius 2 is 1.93 bits per heavy atom. The number of alkyl halides is 1. The van der Waals surface area contributed by atoms with Gasteiger partial charge < -0.3 is 0 Å². The molecule has 78 valence electrons. The van der Waals surface area contributed by atoms with Crippen LogP contribution < -0.4 is 0 Å². The largest absolute Gasteiger partial charge is 0.224 e. The highest BCUT2D eigenvalue weighted by Crippen LogP contribution is 2.16. The van der Waals surface area contributed by atoms with Gasteiger partial charge in [-0.2, -0.15) is 0 Å². The lowest BCUT2D eigenvalue weighted by molar-refractivity contribution is 0.600. The van der Waals surface area contributed by atoms with E-state index in [0.717, 1.165) is 23.7 Å². The third kappa shape index (κ3) is 3.10. The summed E-state index contributed by atoms with van der Waals surface area (Å²) in [7, 11) is -3.08. The Bertz CT molecular complexity index is 398. The molecule has 0 aliphatic carbocycles. The van der Waals surface area contributed by atoms with Crippen molar-refractivity contribution in [2.45, 2.75) is 17.7 Å². The topological polar surface area (TPSA) is 34.1 Å². The van der Waals surface area contributed by atoms with E-state index in [1.165, 1.54) is 6.26 Å². The number of rotatable bonds is 4. The first-order valence-corrected chi connectivity index (χ1v) is 7.41. The lowest BCUT2D eigenvalue weighted by atomic mass is 10.1. The van der Waals surface area contributed by atoms with Gasteiger partial charge in [0.1, 0.15) is 0 Å². The van der Waals surface area contributed by atoms with Crippen LogP contribution in [0, 0.1) is 0 Å². The third-order valence-electron chi connectivity index (χ3n) is 1.95. The minimum absolute atomic E-state index is 0.459. The Morgan fingerprint density at radius 1 is 1.29 bits per heavy atom. The van der Waals surface area contributed by atoms with Crippen LogP contribution >= 0.6 is 15.9 Å². The van der Waals surface area contributed by atoms with Crippen molar-refractivity contribution in [3.63, 3.8) is 0 Å². The SMILES string of the molecule is CS(=O)(=O)c1ccccc1CCCBr. The van der Waals surface area contributed by atoms with Gasteiger partial charge in [0.2, 0.25) is 0 Å². The van der Waals surface area contributed by atoms with E-state index >= 15 is 0 Å². The van der Waals surface area contributed by atoms with Crippen LogP contribution in [0.15, 0.2) is 29.2 Å². The number of hydrogen-bond donors (Lipinski definition) is 0. The van der Waals surface area contributed by atoms with E-state index in [0.29, 0.717) is 4.90 Å². The standard InChI is InChI=1S/C10H13BrO2S/c1-14(12,13)10-7-3-2-5-9(10)6-4-8-11/h2-3,5,7H,4,6,8H2,1H3. The van der Waals surface area contributed by atoms with Gasteiger partial charge in [0.05, 0.1) is 4.90 Å². The van der Waals surface area contributed by atoms with Gasteiger partial charge in [-0.3, -0.25) is 0 Å². The fraction of sp³-hybridized carbons (Fsp3) is 0.400. The summed E-state index contributed by atoms with van der Waals surface area (Å²) in [4.78, 5) is 0.459. The number of hydrogen-bond acceptors (Lipinski definition) is 2. The van der Waals surface area contributed by atoms with Crippen molar-refractivity contribution in [1.82, 2.24) is 0 Å². The van der Waals surface area contributed by atoms with Crippen LogP contribution in [0.4, 0.5) is 0 Å². The Kier molecular flexibility index (Phi) is 4.13. The van der Waals surface area contributed by atoms with Gasteiger partial charge in [-0.25, -0.2) is 8.42 Å². The van der Waals surface area contributed by atoms with Crippen molar-refractivity contribution < 1.29 is 8.42 Å². The second kappa shape index (κ2) is 4.94. The lowest BCUT2D eigenvalue weighted by Crippen LogP contribution is -2.02. The quantitative estimate of drug-likeness (QED) is 0.792. The van der Waals surface area contributed by atoms with E-state index in [1.54, 1.807) is 12.1 Å². The predicted molar refractivity (Wildman–Crippen MR) is 61.7 cm³/mol. The summed E-state index contributed by atoms with van der Waals surface area (Å²) in [6.07, 6.45) is 3.00. The van der Waals surface area contributed by atoms with E-state index in [1.807, 2.05) is 12.1 Å². The van der Waals surface area contributed by atoms with Crippen molar-refractivity contribution in [3.8, 4) is 0 Å². The van der Waals surface area contributed by atoms with Crippen molar-refractivity contribution in [1.29, 1.82) is 0 Å². The first-order valence-electron chi connectivity index (χ1n) is 4.39. The number of sulfone groups is 1. The van der Waals surface area contributed by atoms with Gasteiger partial charge in [0, 0.05) is 11.6 Å². The summed E-state index contributed by atoms with van der Waals surface area (Å²) < 4.78 is 22.8. The average molecular weight is 277 g/mol. The van der Waals surface area contributed by atoms with Crippen LogP contribution in [0.3, 0.4) is 0 Å². The van der Waals surface area contributed by atoms with E-state index in [2.05, 4.69) is 15.9 Å². The molecular formula is C10H13BrO2S.